The van der Waals surface area contributed by atoms with Crippen molar-refractivity contribution in [2.45, 2.75) is 122 Å². The van der Waals surface area contributed by atoms with Crippen molar-refractivity contribution in [1.29, 1.82) is 0 Å². The van der Waals surface area contributed by atoms with Crippen LogP contribution in [0.1, 0.15) is 85.1 Å². The van der Waals surface area contributed by atoms with Gasteiger partial charge < -0.3 is 45.4 Å². The molecule has 1 aliphatic rings. The number of hydrogen-bond acceptors (Lipinski definition) is 9. The number of benzene rings is 1. The van der Waals surface area contributed by atoms with Crippen LogP contribution in [0, 0.1) is 17.8 Å². The number of carbonyl (C=O) groups is 7. The van der Waals surface area contributed by atoms with Crippen molar-refractivity contribution in [2.24, 2.45) is 17.8 Å². The average Bonchev–Trinajstić information content (AvgIpc) is 3.64. The Kier molecular flexibility index (Phi) is 20.0. The zero-order chi connectivity index (χ0) is 42.1. The molecule has 0 saturated carbocycles. The first-order chi connectivity index (χ1) is 26.4. The van der Waals surface area contributed by atoms with E-state index in [0.717, 1.165) is 6.42 Å². The van der Waals surface area contributed by atoms with Gasteiger partial charge in [-0.15, -0.1) is 0 Å². The smallest absolute Gasteiger partial charge is 0.322 e. The van der Waals surface area contributed by atoms with Crippen LogP contribution >= 0.6 is 0 Å². The Hall–Kier alpha value is -4.57. The van der Waals surface area contributed by atoms with Crippen LogP contribution in [0.4, 0.5) is 0 Å². The summed E-state index contributed by atoms with van der Waals surface area (Å²) >= 11 is 0. The summed E-state index contributed by atoms with van der Waals surface area (Å²) in [5.74, 6) is -5.62. The van der Waals surface area contributed by atoms with E-state index in [0.29, 0.717) is 31.4 Å². The Labute approximate surface area is 330 Å². The lowest BCUT2D eigenvalue weighted by atomic mass is 9.90. The number of amides is 5. The van der Waals surface area contributed by atoms with Crippen LogP contribution in [0.5, 0.6) is 0 Å². The van der Waals surface area contributed by atoms with E-state index in [1.807, 2.05) is 27.7 Å². The van der Waals surface area contributed by atoms with E-state index in [2.05, 4.69) is 16.0 Å². The minimum Gasteiger partial charge on any atom is -0.481 e. The van der Waals surface area contributed by atoms with Gasteiger partial charge in [-0.2, -0.15) is 0 Å². The quantitative estimate of drug-likeness (QED) is 0.102. The summed E-state index contributed by atoms with van der Waals surface area (Å²) in [5.41, 5.74) is 0.689. The second-order valence-corrected chi connectivity index (χ2v) is 15.1. The number of carbonyl (C=O) groups excluding carboxylic acids is 5. The number of likely N-dealkylation sites (tertiary alicyclic amines) is 1. The summed E-state index contributed by atoms with van der Waals surface area (Å²) in [4.78, 5) is 93.5. The topological polar surface area (TPSA) is 221 Å². The standard InChI is InChI=1S/C40H63N5O11/c1-9-25(4)36(44(6)32(46)20-24(2)3)31(55-7)22-33(47)45-19-13-16-30(45)37(56-8)26(5)38(52)43-29(21-27-14-11-10-12-15-27)40(54)42-28(17-18-34(48)49)39(53)41-23-35(50)51/h10-12,14-15,24-26,28-31,36-37H,9,13,16-23H2,1-8H3,(H,41,53)(H,42,54)(H,43,52)(H,48,49)(H,50,51)/t25-,26+,28-,29-,30-,31+,36-,37+/m0/s1. The Balaban J connectivity index is 2.31. The summed E-state index contributed by atoms with van der Waals surface area (Å²) in [7, 11) is 4.76. The summed E-state index contributed by atoms with van der Waals surface area (Å²) in [6, 6.07) is 5.39. The highest BCUT2D eigenvalue weighted by atomic mass is 16.5. The highest BCUT2D eigenvalue weighted by Gasteiger charge is 2.42. The van der Waals surface area contributed by atoms with Gasteiger partial charge in [0.25, 0.3) is 0 Å². The molecule has 5 amide bonds. The number of hydrogen-bond donors (Lipinski definition) is 5. The molecule has 2 rings (SSSR count). The minimum absolute atomic E-state index is 0.0146. The third-order valence-corrected chi connectivity index (χ3v) is 10.5. The molecule has 314 valence electrons. The van der Waals surface area contributed by atoms with Gasteiger partial charge in [-0.1, -0.05) is 71.4 Å². The van der Waals surface area contributed by atoms with Crippen LogP contribution in [0.25, 0.3) is 0 Å². The maximum atomic E-state index is 14.1. The Bertz CT molecular complexity index is 1480. The fourth-order valence-corrected chi connectivity index (χ4v) is 7.28. The number of rotatable bonds is 24. The van der Waals surface area contributed by atoms with Crippen molar-refractivity contribution >= 4 is 41.5 Å². The molecular formula is C40H63N5O11. The molecule has 1 saturated heterocycles. The predicted octanol–water partition coefficient (Wildman–Crippen LogP) is 2.23. The summed E-state index contributed by atoms with van der Waals surface area (Å²) in [6.45, 7) is 9.37. The lowest BCUT2D eigenvalue weighted by molar-refractivity contribution is -0.146. The number of aliphatic carboxylic acids is 2. The lowest BCUT2D eigenvalue weighted by Crippen LogP contribution is -2.57. The Morgan fingerprint density at radius 1 is 0.875 bits per heavy atom. The van der Waals surface area contributed by atoms with Crippen molar-refractivity contribution in [3.63, 3.8) is 0 Å². The number of carboxylic acid groups (broad SMARTS) is 2. The molecule has 8 atom stereocenters. The predicted molar refractivity (Wildman–Crippen MR) is 207 cm³/mol. The van der Waals surface area contributed by atoms with Crippen LogP contribution in [0.3, 0.4) is 0 Å². The van der Waals surface area contributed by atoms with Crippen LogP contribution in [-0.4, -0.2) is 132 Å². The number of carboxylic acids is 2. The number of methoxy groups -OCH3 is 2. The largest absolute Gasteiger partial charge is 0.481 e. The normalized spacial score (nSPS) is 17.8. The maximum absolute atomic E-state index is 14.1. The fraction of sp³-hybridized carbons (Fsp3) is 0.675. The van der Waals surface area contributed by atoms with E-state index in [1.54, 1.807) is 61.2 Å². The molecular weight excluding hydrogens is 726 g/mol. The lowest BCUT2D eigenvalue weighted by Gasteiger charge is -2.39. The van der Waals surface area contributed by atoms with Crippen LogP contribution in [-0.2, 0) is 49.5 Å². The second-order valence-electron chi connectivity index (χ2n) is 15.1. The van der Waals surface area contributed by atoms with E-state index in [4.69, 9.17) is 14.6 Å². The van der Waals surface area contributed by atoms with E-state index < -0.39 is 78.9 Å². The second kappa shape index (κ2) is 23.5. The summed E-state index contributed by atoms with van der Waals surface area (Å²) in [6.07, 6.45) is 0.253. The van der Waals surface area contributed by atoms with Crippen molar-refractivity contribution in [3.05, 3.63) is 35.9 Å². The molecule has 0 bridgehead atoms. The molecule has 5 N–H and O–H groups in total. The molecule has 16 heteroatoms. The average molecular weight is 790 g/mol. The molecule has 1 aliphatic heterocycles. The molecule has 56 heavy (non-hydrogen) atoms. The molecule has 1 fully saturated rings. The van der Waals surface area contributed by atoms with Gasteiger partial charge in [0.05, 0.1) is 36.6 Å². The third-order valence-electron chi connectivity index (χ3n) is 10.5. The maximum Gasteiger partial charge on any atom is 0.322 e. The van der Waals surface area contributed by atoms with Crippen LogP contribution in [0.2, 0.25) is 0 Å². The van der Waals surface area contributed by atoms with Crippen molar-refractivity contribution < 1.29 is 53.2 Å². The molecule has 0 spiro atoms. The highest BCUT2D eigenvalue weighted by Crippen LogP contribution is 2.29. The van der Waals surface area contributed by atoms with E-state index in [1.165, 1.54) is 7.11 Å². The number of nitrogens with zero attached hydrogens (tertiary/aromatic N) is 2. The minimum atomic E-state index is -1.39. The molecule has 1 aromatic carbocycles. The zero-order valence-corrected chi connectivity index (χ0v) is 34.1. The first kappa shape index (κ1) is 47.6. The van der Waals surface area contributed by atoms with Gasteiger partial charge in [-0.3, -0.25) is 33.6 Å². The van der Waals surface area contributed by atoms with Gasteiger partial charge in [-0.05, 0) is 36.7 Å². The summed E-state index contributed by atoms with van der Waals surface area (Å²) in [5, 5.41) is 25.7. The molecule has 0 unspecified atom stereocenters. The molecule has 1 aromatic rings. The fourth-order valence-electron chi connectivity index (χ4n) is 7.28. The number of nitrogens with one attached hydrogen (secondary N) is 3. The van der Waals surface area contributed by atoms with Crippen molar-refractivity contribution in [3.8, 4) is 0 Å². The molecule has 0 aromatic heterocycles. The van der Waals surface area contributed by atoms with Crippen molar-refractivity contribution in [1.82, 2.24) is 25.8 Å². The first-order valence-electron chi connectivity index (χ1n) is 19.4. The van der Waals surface area contributed by atoms with E-state index >= 15 is 0 Å². The van der Waals surface area contributed by atoms with Gasteiger partial charge in [-0.25, -0.2) is 0 Å². The molecule has 16 nitrogen and oxygen atoms in total. The van der Waals surface area contributed by atoms with Gasteiger partial charge in [0.15, 0.2) is 0 Å². The van der Waals surface area contributed by atoms with Crippen LogP contribution in [0.15, 0.2) is 30.3 Å². The number of ether oxygens (including phenoxy) is 2. The van der Waals surface area contributed by atoms with E-state index in [9.17, 15) is 38.7 Å². The first-order valence-corrected chi connectivity index (χ1v) is 19.4. The Morgan fingerprint density at radius 3 is 2.07 bits per heavy atom. The molecule has 1 heterocycles. The highest BCUT2D eigenvalue weighted by molar-refractivity contribution is 5.93. The Morgan fingerprint density at radius 2 is 1.52 bits per heavy atom. The summed E-state index contributed by atoms with van der Waals surface area (Å²) < 4.78 is 11.8. The third kappa shape index (κ3) is 14.5. The van der Waals surface area contributed by atoms with Gasteiger partial charge in [0.2, 0.25) is 29.5 Å². The SMILES string of the molecule is CC[C@H](C)[C@@H]([C@@H](CC(=O)N1CCC[C@H]1[C@H](OC)[C@@H](C)C(=O)N[C@@H](Cc1ccccc1)C(=O)N[C@@H](CCC(=O)O)C(=O)NCC(=O)O)OC)N(C)C(=O)CC(C)C. The van der Waals surface area contributed by atoms with Crippen LogP contribution < -0.4 is 16.0 Å². The van der Waals surface area contributed by atoms with Crippen molar-refractivity contribution in [2.75, 3.05) is 34.4 Å². The van der Waals surface area contributed by atoms with E-state index in [-0.39, 0.29) is 49.0 Å². The molecule has 0 radical (unpaired) electrons. The number of likely N-dealkylation sites (N-methyl/N-ethyl adjacent to an activating group) is 1. The monoisotopic (exact) mass is 789 g/mol. The zero-order valence-electron chi connectivity index (χ0n) is 34.1. The molecule has 0 aliphatic carbocycles. The van der Waals surface area contributed by atoms with Gasteiger partial charge in [0, 0.05) is 47.1 Å². The van der Waals surface area contributed by atoms with Gasteiger partial charge in [0.1, 0.15) is 18.6 Å². The van der Waals surface area contributed by atoms with Gasteiger partial charge >= 0.3 is 11.9 Å².